The van der Waals surface area contributed by atoms with Crippen molar-refractivity contribution in [3.63, 3.8) is 0 Å². The smallest absolute Gasteiger partial charge is 0.307 e. The maximum atomic E-state index is 11.1. The third-order valence-electron chi connectivity index (χ3n) is 2.42. The summed E-state index contributed by atoms with van der Waals surface area (Å²) in [5, 5.41) is 0. The largest absolute Gasteiger partial charge is 0.496 e. The number of carbonyl (C=O) groups is 2. The van der Waals surface area contributed by atoms with E-state index in [1.54, 1.807) is 6.08 Å². The van der Waals surface area contributed by atoms with Crippen LogP contribution in [-0.4, -0.2) is 24.5 Å². The highest BCUT2D eigenvalue weighted by molar-refractivity contribution is 6.01. The minimum absolute atomic E-state index is 0.143. The molecule has 2 aliphatic rings. The fourth-order valence-electron chi connectivity index (χ4n) is 1.71. The quantitative estimate of drug-likeness (QED) is 0.577. The molecule has 74 valence electrons. The molecule has 0 amide bonds. The van der Waals surface area contributed by atoms with Gasteiger partial charge in [0.05, 0.1) is 13.5 Å². The number of rotatable bonds is 1. The molecule has 1 heterocycles. The van der Waals surface area contributed by atoms with Crippen molar-refractivity contribution in [3.05, 3.63) is 24.0 Å². The highest BCUT2D eigenvalue weighted by Gasteiger charge is 2.44. The first-order valence-corrected chi connectivity index (χ1v) is 4.37. The average Bonchev–Trinajstić information content (AvgIpc) is 2.53. The fraction of sp³-hybridized carbons (Fsp3) is 0.400. The molecular weight excluding hydrogens is 184 g/mol. The van der Waals surface area contributed by atoms with Crippen LogP contribution in [-0.2, 0) is 19.1 Å². The van der Waals surface area contributed by atoms with Crippen LogP contribution in [0.25, 0.3) is 0 Å². The lowest BCUT2D eigenvalue weighted by Crippen LogP contribution is -2.32. The van der Waals surface area contributed by atoms with E-state index in [4.69, 9.17) is 9.47 Å². The zero-order valence-corrected chi connectivity index (χ0v) is 7.78. The van der Waals surface area contributed by atoms with E-state index in [0.717, 1.165) is 0 Å². The minimum Gasteiger partial charge on any atom is -0.496 e. The third kappa shape index (κ3) is 1.23. The van der Waals surface area contributed by atoms with E-state index in [9.17, 15) is 9.59 Å². The first-order valence-electron chi connectivity index (χ1n) is 4.37. The Kier molecular flexibility index (Phi) is 1.91. The van der Waals surface area contributed by atoms with Gasteiger partial charge < -0.3 is 9.47 Å². The van der Waals surface area contributed by atoms with Gasteiger partial charge in [-0.05, 0) is 12.2 Å². The number of hydrogen-bond donors (Lipinski definition) is 0. The number of hydrogen-bond acceptors (Lipinski definition) is 4. The predicted molar refractivity (Wildman–Crippen MR) is 47.3 cm³/mol. The maximum absolute atomic E-state index is 11.1. The number of ketones is 1. The molecule has 0 radical (unpaired) electrons. The Bertz CT molecular complexity index is 353. The third-order valence-corrected chi connectivity index (χ3v) is 2.42. The molecule has 1 unspecified atom stereocenters. The molecule has 4 nitrogen and oxygen atoms in total. The molecule has 0 aromatic heterocycles. The van der Waals surface area contributed by atoms with Crippen LogP contribution in [0.1, 0.15) is 12.8 Å². The molecule has 1 atom stereocenters. The first kappa shape index (κ1) is 8.99. The second kappa shape index (κ2) is 2.97. The van der Waals surface area contributed by atoms with Crippen LogP contribution < -0.4 is 0 Å². The van der Waals surface area contributed by atoms with E-state index in [-0.39, 0.29) is 11.8 Å². The summed E-state index contributed by atoms with van der Waals surface area (Å²) in [6.07, 6.45) is 5.26. The molecule has 0 bridgehead atoms. The van der Waals surface area contributed by atoms with Gasteiger partial charge in [0.1, 0.15) is 5.76 Å². The van der Waals surface area contributed by atoms with E-state index in [1.807, 2.05) is 0 Å². The van der Waals surface area contributed by atoms with Gasteiger partial charge in [-0.3, -0.25) is 9.59 Å². The van der Waals surface area contributed by atoms with E-state index in [1.165, 1.54) is 19.3 Å². The number of esters is 1. The molecule has 1 fully saturated rings. The lowest BCUT2D eigenvalue weighted by Gasteiger charge is -2.27. The molecular formula is C10H10O4. The Hall–Kier alpha value is -1.58. The summed E-state index contributed by atoms with van der Waals surface area (Å²) in [4.78, 5) is 22.1. The summed E-state index contributed by atoms with van der Waals surface area (Å²) in [7, 11) is 1.46. The van der Waals surface area contributed by atoms with Gasteiger partial charge in [0.2, 0.25) is 0 Å². The van der Waals surface area contributed by atoms with Crippen LogP contribution >= 0.6 is 0 Å². The van der Waals surface area contributed by atoms with Crippen LogP contribution in [0.3, 0.4) is 0 Å². The van der Waals surface area contributed by atoms with Gasteiger partial charge in [0.25, 0.3) is 0 Å². The van der Waals surface area contributed by atoms with Gasteiger partial charge in [-0.2, -0.15) is 0 Å². The van der Waals surface area contributed by atoms with Crippen molar-refractivity contribution < 1.29 is 19.1 Å². The molecule has 0 saturated carbocycles. The maximum Gasteiger partial charge on any atom is 0.307 e. The van der Waals surface area contributed by atoms with Crippen molar-refractivity contribution in [1.82, 2.24) is 0 Å². The number of ether oxygens (including phenoxy) is 2. The molecule has 0 aromatic rings. The van der Waals surface area contributed by atoms with Gasteiger partial charge >= 0.3 is 5.97 Å². The molecule has 1 spiro atoms. The van der Waals surface area contributed by atoms with Crippen LogP contribution in [0.2, 0.25) is 0 Å². The Balaban J connectivity index is 2.35. The van der Waals surface area contributed by atoms with Crippen molar-refractivity contribution in [2.75, 3.05) is 7.11 Å². The molecule has 1 aliphatic carbocycles. The van der Waals surface area contributed by atoms with Crippen LogP contribution in [0.15, 0.2) is 24.0 Å². The number of methoxy groups -OCH3 is 1. The minimum atomic E-state index is -0.820. The molecule has 14 heavy (non-hydrogen) atoms. The van der Waals surface area contributed by atoms with E-state index in [0.29, 0.717) is 18.6 Å². The van der Waals surface area contributed by atoms with Gasteiger partial charge in [0.15, 0.2) is 11.4 Å². The Labute approximate surface area is 81.2 Å². The average molecular weight is 194 g/mol. The van der Waals surface area contributed by atoms with Crippen LogP contribution in [0.4, 0.5) is 0 Å². The van der Waals surface area contributed by atoms with Crippen molar-refractivity contribution in [1.29, 1.82) is 0 Å². The lowest BCUT2D eigenvalue weighted by atomic mass is 9.92. The second-order valence-electron chi connectivity index (χ2n) is 3.31. The van der Waals surface area contributed by atoms with Gasteiger partial charge in [0, 0.05) is 12.5 Å². The summed E-state index contributed by atoms with van der Waals surface area (Å²) in [6, 6.07) is 0. The second-order valence-corrected chi connectivity index (χ2v) is 3.31. The van der Waals surface area contributed by atoms with Gasteiger partial charge in [-0.1, -0.05) is 0 Å². The lowest BCUT2D eigenvalue weighted by molar-refractivity contribution is -0.145. The zero-order valence-electron chi connectivity index (χ0n) is 7.78. The SMILES string of the molecule is COC1=CC(=O)C=CC12CCC(=O)O2. The van der Waals surface area contributed by atoms with E-state index in [2.05, 4.69) is 0 Å². The van der Waals surface area contributed by atoms with Crippen LogP contribution in [0.5, 0.6) is 0 Å². The Morgan fingerprint density at radius 3 is 2.86 bits per heavy atom. The van der Waals surface area contributed by atoms with E-state index < -0.39 is 5.60 Å². The molecule has 1 saturated heterocycles. The topological polar surface area (TPSA) is 52.6 Å². The molecule has 4 heteroatoms. The normalized spacial score (nSPS) is 30.5. The van der Waals surface area contributed by atoms with Crippen molar-refractivity contribution in [2.45, 2.75) is 18.4 Å². The summed E-state index contributed by atoms with van der Waals surface area (Å²) in [5.41, 5.74) is -0.820. The fourth-order valence-corrected chi connectivity index (χ4v) is 1.71. The van der Waals surface area contributed by atoms with Gasteiger partial charge in [-0.15, -0.1) is 0 Å². The summed E-state index contributed by atoms with van der Waals surface area (Å²) < 4.78 is 10.2. The Morgan fingerprint density at radius 2 is 2.29 bits per heavy atom. The summed E-state index contributed by atoms with van der Waals surface area (Å²) in [5.74, 6) is 0.0122. The molecule has 0 aromatic carbocycles. The van der Waals surface area contributed by atoms with Crippen molar-refractivity contribution >= 4 is 11.8 Å². The summed E-state index contributed by atoms with van der Waals surface area (Å²) >= 11 is 0. The van der Waals surface area contributed by atoms with Crippen LogP contribution in [0, 0.1) is 0 Å². The zero-order chi connectivity index (χ0) is 10.2. The number of allylic oxidation sites excluding steroid dienone is 2. The molecule has 1 aliphatic heterocycles. The Morgan fingerprint density at radius 1 is 1.50 bits per heavy atom. The van der Waals surface area contributed by atoms with Gasteiger partial charge in [-0.25, -0.2) is 0 Å². The first-order chi connectivity index (χ1) is 6.66. The number of carbonyl (C=O) groups excluding carboxylic acids is 2. The van der Waals surface area contributed by atoms with Crippen molar-refractivity contribution in [3.8, 4) is 0 Å². The highest BCUT2D eigenvalue weighted by atomic mass is 16.6. The highest BCUT2D eigenvalue weighted by Crippen LogP contribution is 2.37. The molecule has 0 N–H and O–H groups in total. The van der Waals surface area contributed by atoms with Crippen molar-refractivity contribution in [2.24, 2.45) is 0 Å². The standard InChI is InChI=1S/C10H10O4/c1-13-8-6-7(11)2-4-10(8)5-3-9(12)14-10/h2,4,6H,3,5H2,1H3. The predicted octanol–water partition coefficient (Wildman–Crippen LogP) is 0.731. The van der Waals surface area contributed by atoms with E-state index >= 15 is 0 Å². The monoisotopic (exact) mass is 194 g/mol. The summed E-state index contributed by atoms with van der Waals surface area (Å²) in [6.45, 7) is 0. The molecule has 2 rings (SSSR count).